The van der Waals surface area contributed by atoms with Crippen LogP contribution in [0.15, 0.2) is 71.9 Å². The number of fused-ring (bicyclic) bond motifs is 2. The summed E-state index contributed by atoms with van der Waals surface area (Å²) in [5.41, 5.74) is 3.76. The van der Waals surface area contributed by atoms with Crippen LogP contribution in [0.3, 0.4) is 0 Å². The van der Waals surface area contributed by atoms with Gasteiger partial charge in [0.2, 0.25) is 0 Å². The molecular formula is C21H17N3O. The Bertz CT molecular complexity index is 1140. The standard InChI is InChI=1S/C21H17N3O/c1-14-12-22-10-8-16(14)13-24-19-9-11-23-18-7-6-15-4-2-3-5-17(15)21(25)20(18)19/h2-12H,13H2,1H3,(H,23,24). The Morgan fingerprint density at radius 2 is 1.88 bits per heavy atom. The first-order valence-electron chi connectivity index (χ1n) is 8.18. The van der Waals surface area contributed by atoms with Crippen molar-refractivity contribution in [2.75, 3.05) is 5.32 Å². The lowest BCUT2D eigenvalue weighted by Gasteiger charge is -2.09. The molecule has 25 heavy (non-hydrogen) atoms. The predicted octanol–water partition coefficient (Wildman–Crippen LogP) is 4.06. The average Bonchev–Trinajstić information content (AvgIpc) is 2.79. The van der Waals surface area contributed by atoms with Gasteiger partial charge in [-0.15, -0.1) is 0 Å². The van der Waals surface area contributed by atoms with Crippen molar-refractivity contribution in [3.05, 3.63) is 88.5 Å². The summed E-state index contributed by atoms with van der Waals surface area (Å²) >= 11 is 0. The molecule has 0 unspecified atom stereocenters. The van der Waals surface area contributed by atoms with Crippen LogP contribution in [0.4, 0.5) is 5.69 Å². The van der Waals surface area contributed by atoms with Gasteiger partial charge in [-0.3, -0.25) is 14.8 Å². The number of aromatic nitrogens is 2. The molecule has 4 aromatic rings. The van der Waals surface area contributed by atoms with Crippen LogP contribution in [0.5, 0.6) is 0 Å². The molecule has 122 valence electrons. The fourth-order valence-corrected chi connectivity index (χ4v) is 3.03. The first kappa shape index (κ1) is 15.3. The lowest BCUT2D eigenvalue weighted by atomic mass is 10.1. The van der Waals surface area contributed by atoms with Crippen LogP contribution >= 0.6 is 0 Å². The third-order valence-corrected chi connectivity index (χ3v) is 4.44. The molecular weight excluding hydrogens is 310 g/mol. The van der Waals surface area contributed by atoms with Crippen LogP contribution in [0.25, 0.3) is 21.7 Å². The quantitative estimate of drug-likeness (QED) is 0.616. The van der Waals surface area contributed by atoms with Gasteiger partial charge in [0.15, 0.2) is 5.43 Å². The summed E-state index contributed by atoms with van der Waals surface area (Å²) in [6.07, 6.45) is 5.35. The zero-order valence-corrected chi connectivity index (χ0v) is 13.9. The fraction of sp³-hybridized carbons (Fsp3) is 0.0952. The first-order valence-corrected chi connectivity index (χ1v) is 8.18. The Labute approximate surface area is 145 Å². The first-order chi connectivity index (χ1) is 12.2. The van der Waals surface area contributed by atoms with Crippen molar-refractivity contribution in [2.45, 2.75) is 13.5 Å². The Morgan fingerprint density at radius 3 is 2.76 bits per heavy atom. The van der Waals surface area contributed by atoms with Gasteiger partial charge < -0.3 is 5.32 Å². The molecule has 0 amide bonds. The monoisotopic (exact) mass is 327 g/mol. The molecule has 1 N–H and O–H groups in total. The van der Waals surface area contributed by atoms with Gasteiger partial charge in [0.05, 0.1) is 10.9 Å². The number of rotatable bonds is 3. The Hall–Kier alpha value is -3.27. The van der Waals surface area contributed by atoms with E-state index in [9.17, 15) is 4.79 Å². The van der Waals surface area contributed by atoms with Gasteiger partial charge in [-0.2, -0.15) is 0 Å². The molecule has 0 spiro atoms. The minimum absolute atomic E-state index is 0.00218. The van der Waals surface area contributed by atoms with Gasteiger partial charge in [0.25, 0.3) is 0 Å². The second-order valence-electron chi connectivity index (χ2n) is 6.02. The van der Waals surface area contributed by atoms with E-state index in [-0.39, 0.29) is 5.43 Å². The molecule has 0 aliphatic carbocycles. The van der Waals surface area contributed by atoms with E-state index in [0.29, 0.717) is 22.8 Å². The van der Waals surface area contributed by atoms with Crippen molar-refractivity contribution in [1.29, 1.82) is 0 Å². The Morgan fingerprint density at radius 1 is 1.00 bits per heavy atom. The highest BCUT2D eigenvalue weighted by Crippen LogP contribution is 2.21. The molecule has 2 heterocycles. The molecule has 0 radical (unpaired) electrons. The van der Waals surface area contributed by atoms with E-state index in [0.717, 1.165) is 22.2 Å². The lowest BCUT2D eigenvalue weighted by Crippen LogP contribution is -2.07. The predicted molar refractivity (Wildman–Crippen MR) is 102 cm³/mol. The van der Waals surface area contributed by atoms with Crippen LogP contribution in [-0.4, -0.2) is 9.97 Å². The molecule has 0 atom stereocenters. The Kier molecular flexibility index (Phi) is 3.86. The summed E-state index contributed by atoms with van der Waals surface area (Å²) in [7, 11) is 0. The van der Waals surface area contributed by atoms with Gasteiger partial charge in [0.1, 0.15) is 0 Å². The number of hydrogen-bond donors (Lipinski definition) is 1. The van der Waals surface area contributed by atoms with Gasteiger partial charge >= 0.3 is 0 Å². The molecule has 4 rings (SSSR count). The van der Waals surface area contributed by atoms with Crippen molar-refractivity contribution in [2.24, 2.45) is 0 Å². The zero-order valence-electron chi connectivity index (χ0n) is 13.9. The molecule has 0 bridgehead atoms. The van der Waals surface area contributed by atoms with Crippen molar-refractivity contribution in [3.8, 4) is 0 Å². The highest BCUT2D eigenvalue weighted by molar-refractivity contribution is 5.97. The number of nitrogens with one attached hydrogen (secondary N) is 1. The minimum Gasteiger partial charge on any atom is -0.380 e. The van der Waals surface area contributed by atoms with Gasteiger partial charge in [-0.25, -0.2) is 0 Å². The summed E-state index contributed by atoms with van der Waals surface area (Å²) in [5, 5.41) is 5.64. The van der Waals surface area contributed by atoms with Gasteiger partial charge in [-0.1, -0.05) is 30.3 Å². The van der Waals surface area contributed by atoms with Crippen molar-refractivity contribution in [3.63, 3.8) is 0 Å². The molecule has 2 aromatic carbocycles. The normalized spacial score (nSPS) is 10.9. The van der Waals surface area contributed by atoms with Gasteiger partial charge in [0, 0.05) is 36.2 Å². The number of aryl methyl sites for hydroxylation is 1. The summed E-state index contributed by atoms with van der Waals surface area (Å²) in [5.74, 6) is 0. The summed E-state index contributed by atoms with van der Waals surface area (Å²) < 4.78 is 0. The summed E-state index contributed by atoms with van der Waals surface area (Å²) in [6.45, 7) is 2.66. The topological polar surface area (TPSA) is 54.9 Å². The van der Waals surface area contributed by atoms with Gasteiger partial charge in [-0.05, 0) is 41.6 Å². The van der Waals surface area contributed by atoms with Crippen LogP contribution in [0.2, 0.25) is 0 Å². The fourth-order valence-electron chi connectivity index (χ4n) is 3.03. The molecule has 0 fully saturated rings. The van der Waals surface area contributed by atoms with E-state index in [4.69, 9.17) is 0 Å². The summed E-state index contributed by atoms with van der Waals surface area (Å²) in [6, 6.07) is 15.3. The largest absolute Gasteiger partial charge is 0.380 e. The molecule has 0 aliphatic heterocycles. The number of anilines is 1. The molecule has 2 aromatic heterocycles. The van der Waals surface area contributed by atoms with E-state index in [1.807, 2.05) is 61.7 Å². The minimum atomic E-state index is -0.00218. The smallest absolute Gasteiger partial charge is 0.197 e. The van der Waals surface area contributed by atoms with Crippen molar-refractivity contribution < 1.29 is 0 Å². The van der Waals surface area contributed by atoms with Crippen LogP contribution in [-0.2, 0) is 6.54 Å². The van der Waals surface area contributed by atoms with Crippen LogP contribution < -0.4 is 10.7 Å². The maximum atomic E-state index is 13.1. The highest BCUT2D eigenvalue weighted by atomic mass is 16.1. The third kappa shape index (κ3) is 2.83. The van der Waals surface area contributed by atoms with E-state index < -0.39 is 0 Å². The maximum Gasteiger partial charge on any atom is 0.197 e. The van der Waals surface area contributed by atoms with Crippen LogP contribution in [0, 0.1) is 6.92 Å². The summed E-state index contributed by atoms with van der Waals surface area (Å²) in [4.78, 5) is 21.6. The second-order valence-corrected chi connectivity index (χ2v) is 6.02. The average molecular weight is 327 g/mol. The van der Waals surface area contributed by atoms with E-state index in [1.54, 1.807) is 12.4 Å². The number of pyridine rings is 2. The second kappa shape index (κ2) is 6.32. The molecule has 0 saturated heterocycles. The number of nitrogens with zero attached hydrogens (tertiary/aromatic N) is 2. The number of benzene rings is 1. The van der Waals surface area contributed by atoms with Crippen LogP contribution in [0.1, 0.15) is 11.1 Å². The van der Waals surface area contributed by atoms with E-state index in [1.165, 1.54) is 0 Å². The highest BCUT2D eigenvalue weighted by Gasteiger charge is 2.08. The Balaban J connectivity index is 1.87. The zero-order chi connectivity index (χ0) is 17.2. The van der Waals surface area contributed by atoms with Crippen molar-refractivity contribution >= 4 is 27.4 Å². The number of hydrogen-bond acceptors (Lipinski definition) is 4. The lowest BCUT2D eigenvalue weighted by molar-refractivity contribution is 1.09. The molecule has 4 heteroatoms. The third-order valence-electron chi connectivity index (χ3n) is 4.44. The SMILES string of the molecule is Cc1cnccc1CNc1ccnc2ccc3ccccc3c(=O)c12. The van der Waals surface area contributed by atoms with E-state index in [2.05, 4.69) is 15.3 Å². The van der Waals surface area contributed by atoms with Crippen molar-refractivity contribution in [1.82, 2.24) is 9.97 Å². The molecule has 4 nitrogen and oxygen atoms in total. The maximum absolute atomic E-state index is 13.1. The van der Waals surface area contributed by atoms with E-state index >= 15 is 0 Å². The molecule has 0 saturated carbocycles. The molecule has 0 aliphatic rings.